The second-order valence-corrected chi connectivity index (χ2v) is 4.73. The van der Waals surface area contributed by atoms with E-state index in [-0.39, 0.29) is 11.7 Å². The molecule has 0 bridgehead atoms. The van der Waals surface area contributed by atoms with E-state index in [9.17, 15) is 10.1 Å². The summed E-state index contributed by atoms with van der Waals surface area (Å²) >= 11 is 0. The van der Waals surface area contributed by atoms with Crippen molar-refractivity contribution in [1.29, 1.82) is 0 Å². The SMILES string of the molecule is CC(Cn1ccnc1)Nc1nc2ccc([N+](=O)[O-])cc2o1. The number of rotatable bonds is 5. The lowest BCUT2D eigenvalue weighted by Gasteiger charge is -2.12. The Balaban J connectivity index is 1.76. The van der Waals surface area contributed by atoms with Crippen LogP contribution in [0.5, 0.6) is 0 Å². The zero-order valence-corrected chi connectivity index (χ0v) is 11.3. The predicted molar refractivity (Wildman–Crippen MR) is 76.0 cm³/mol. The van der Waals surface area contributed by atoms with Gasteiger partial charge in [-0.3, -0.25) is 10.1 Å². The third-order valence-corrected chi connectivity index (χ3v) is 3.00. The van der Waals surface area contributed by atoms with Crippen molar-refractivity contribution >= 4 is 22.8 Å². The van der Waals surface area contributed by atoms with Gasteiger partial charge in [-0.05, 0) is 13.0 Å². The fraction of sp³-hybridized carbons (Fsp3) is 0.231. The molecule has 0 aliphatic carbocycles. The second-order valence-electron chi connectivity index (χ2n) is 4.73. The van der Waals surface area contributed by atoms with Crippen molar-refractivity contribution in [2.24, 2.45) is 0 Å². The molecule has 0 fully saturated rings. The summed E-state index contributed by atoms with van der Waals surface area (Å²) in [6.07, 6.45) is 5.31. The van der Waals surface area contributed by atoms with Gasteiger partial charge in [-0.25, -0.2) is 4.98 Å². The smallest absolute Gasteiger partial charge is 0.295 e. The molecule has 0 aliphatic heterocycles. The van der Waals surface area contributed by atoms with E-state index in [1.165, 1.54) is 12.1 Å². The van der Waals surface area contributed by atoms with Crippen LogP contribution in [0.15, 0.2) is 41.3 Å². The number of aromatic nitrogens is 3. The molecule has 8 nitrogen and oxygen atoms in total. The molecule has 108 valence electrons. The van der Waals surface area contributed by atoms with E-state index in [2.05, 4.69) is 15.3 Å². The first-order valence-electron chi connectivity index (χ1n) is 6.39. The van der Waals surface area contributed by atoms with Crippen LogP contribution in [0.4, 0.5) is 11.7 Å². The van der Waals surface area contributed by atoms with Crippen LogP contribution < -0.4 is 5.32 Å². The number of nitro groups is 1. The van der Waals surface area contributed by atoms with Gasteiger partial charge in [-0.15, -0.1) is 0 Å². The van der Waals surface area contributed by atoms with Gasteiger partial charge in [0, 0.05) is 31.0 Å². The molecule has 2 aromatic heterocycles. The van der Waals surface area contributed by atoms with Gasteiger partial charge in [0.15, 0.2) is 5.58 Å². The van der Waals surface area contributed by atoms with Crippen LogP contribution >= 0.6 is 0 Å². The molecule has 1 unspecified atom stereocenters. The lowest BCUT2D eigenvalue weighted by Crippen LogP contribution is -2.21. The number of nitrogens with zero attached hydrogens (tertiary/aromatic N) is 4. The molecular formula is C13H13N5O3. The van der Waals surface area contributed by atoms with Crippen molar-refractivity contribution in [3.05, 3.63) is 47.0 Å². The lowest BCUT2D eigenvalue weighted by atomic mass is 10.3. The molecule has 1 atom stereocenters. The maximum absolute atomic E-state index is 10.7. The first-order valence-corrected chi connectivity index (χ1v) is 6.39. The van der Waals surface area contributed by atoms with Gasteiger partial charge in [0.2, 0.25) is 0 Å². The Morgan fingerprint density at radius 1 is 1.52 bits per heavy atom. The van der Waals surface area contributed by atoms with Crippen molar-refractivity contribution in [2.75, 3.05) is 5.32 Å². The maximum atomic E-state index is 10.7. The van der Waals surface area contributed by atoms with Crippen molar-refractivity contribution in [1.82, 2.24) is 14.5 Å². The summed E-state index contributed by atoms with van der Waals surface area (Å²) in [6, 6.07) is 4.76. The molecule has 0 saturated heterocycles. The largest absolute Gasteiger partial charge is 0.423 e. The van der Waals surface area contributed by atoms with Crippen LogP contribution in [0.2, 0.25) is 0 Å². The van der Waals surface area contributed by atoms with Crippen LogP contribution in [0.25, 0.3) is 11.1 Å². The Labute approximate surface area is 119 Å². The number of fused-ring (bicyclic) bond motifs is 1. The zero-order valence-electron chi connectivity index (χ0n) is 11.3. The van der Waals surface area contributed by atoms with Gasteiger partial charge in [-0.2, -0.15) is 4.98 Å². The molecule has 0 spiro atoms. The van der Waals surface area contributed by atoms with E-state index >= 15 is 0 Å². The minimum atomic E-state index is -0.462. The van der Waals surface area contributed by atoms with Crippen LogP contribution in [0, 0.1) is 10.1 Å². The van der Waals surface area contributed by atoms with Crippen molar-refractivity contribution in [3.8, 4) is 0 Å². The first-order chi connectivity index (χ1) is 10.1. The van der Waals surface area contributed by atoms with Gasteiger partial charge in [0.05, 0.1) is 17.3 Å². The Hall–Kier alpha value is -2.90. The minimum absolute atomic E-state index is 0.0170. The molecular weight excluding hydrogens is 274 g/mol. The Kier molecular flexibility index (Phi) is 3.27. The van der Waals surface area contributed by atoms with E-state index in [4.69, 9.17) is 4.42 Å². The fourth-order valence-electron chi connectivity index (χ4n) is 2.06. The molecule has 1 aromatic carbocycles. The van der Waals surface area contributed by atoms with E-state index in [0.717, 1.165) is 0 Å². The van der Waals surface area contributed by atoms with Crippen molar-refractivity contribution < 1.29 is 9.34 Å². The summed E-state index contributed by atoms with van der Waals surface area (Å²) in [6.45, 7) is 2.69. The quantitative estimate of drug-likeness (QED) is 0.571. The summed E-state index contributed by atoms with van der Waals surface area (Å²) < 4.78 is 7.43. The fourth-order valence-corrected chi connectivity index (χ4v) is 2.06. The third kappa shape index (κ3) is 2.83. The van der Waals surface area contributed by atoms with Crippen LogP contribution in [0.1, 0.15) is 6.92 Å². The highest BCUT2D eigenvalue weighted by atomic mass is 16.6. The molecule has 0 amide bonds. The Morgan fingerprint density at radius 2 is 2.38 bits per heavy atom. The van der Waals surface area contributed by atoms with Gasteiger partial charge in [-0.1, -0.05) is 0 Å². The van der Waals surface area contributed by atoms with Crippen LogP contribution in [0.3, 0.4) is 0 Å². The standard InChI is InChI=1S/C13H13N5O3/c1-9(7-17-5-4-14-8-17)15-13-16-11-3-2-10(18(19)20)6-12(11)21-13/h2-6,8-9H,7H2,1H3,(H,15,16). The second kappa shape index (κ2) is 5.23. The first kappa shape index (κ1) is 13.1. The Morgan fingerprint density at radius 3 is 3.10 bits per heavy atom. The molecule has 21 heavy (non-hydrogen) atoms. The maximum Gasteiger partial charge on any atom is 0.295 e. The lowest BCUT2D eigenvalue weighted by molar-refractivity contribution is -0.384. The third-order valence-electron chi connectivity index (χ3n) is 3.00. The molecule has 8 heteroatoms. The number of anilines is 1. The molecule has 3 aromatic rings. The van der Waals surface area contributed by atoms with E-state index in [0.29, 0.717) is 23.7 Å². The van der Waals surface area contributed by atoms with Gasteiger partial charge in [0.1, 0.15) is 5.52 Å². The van der Waals surface area contributed by atoms with Crippen LogP contribution in [-0.2, 0) is 6.54 Å². The zero-order chi connectivity index (χ0) is 14.8. The van der Waals surface area contributed by atoms with Crippen molar-refractivity contribution in [3.63, 3.8) is 0 Å². The summed E-state index contributed by atoms with van der Waals surface area (Å²) in [5.41, 5.74) is 0.955. The average Bonchev–Trinajstić information content (AvgIpc) is 3.05. The van der Waals surface area contributed by atoms with Gasteiger partial charge < -0.3 is 14.3 Å². The average molecular weight is 287 g/mol. The number of benzene rings is 1. The molecule has 2 heterocycles. The number of hydrogen-bond acceptors (Lipinski definition) is 6. The molecule has 0 radical (unpaired) electrons. The summed E-state index contributed by atoms with van der Waals surface area (Å²) in [5.74, 6) is 0. The number of oxazole rings is 1. The highest BCUT2D eigenvalue weighted by Crippen LogP contribution is 2.23. The predicted octanol–water partition coefficient (Wildman–Crippen LogP) is 2.43. The number of nitrogens with one attached hydrogen (secondary N) is 1. The summed E-state index contributed by atoms with van der Waals surface area (Å²) in [5, 5.41) is 13.8. The molecule has 0 aliphatic rings. The number of non-ortho nitro benzene ring substituents is 1. The summed E-state index contributed by atoms with van der Waals surface area (Å²) in [7, 11) is 0. The van der Waals surface area contributed by atoms with E-state index < -0.39 is 4.92 Å². The normalized spacial score (nSPS) is 12.4. The molecule has 3 rings (SSSR count). The summed E-state index contributed by atoms with van der Waals surface area (Å²) in [4.78, 5) is 18.5. The van der Waals surface area contributed by atoms with Crippen LogP contribution in [-0.4, -0.2) is 25.5 Å². The van der Waals surface area contributed by atoms with Gasteiger partial charge in [0.25, 0.3) is 11.7 Å². The highest BCUT2D eigenvalue weighted by molar-refractivity contribution is 5.77. The van der Waals surface area contributed by atoms with E-state index in [1.807, 2.05) is 17.7 Å². The van der Waals surface area contributed by atoms with Gasteiger partial charge >= 0.3 is 0 Å². The number of hydrogen-bond donors (Lipinski definition) is 1. The molecule has 1 N–H and O–H groups in total. The number of imidazole rings is 1. The molecule has 0 saturated carbocycles. The van der Waals surface area contributed by atoms with Crippen molar-refractivity contribution in [2.45, 2.75) is 19.5 Å². The number of nitro benzene ring substituents is 1. The Bertz CT molecular complexity index is 765. The monoisotopic (exact) mass is 287 g/mol. The topological polar surface area (TPSA) is 99.0 Å². The minimum Gasteiger partial charge on any atom is -0.423 e. The highest BCUT2D eigenvalue weighted by Gasteiger charge is 2.13. The van der Waals surface area contributed by atoms with E-state index in [1.54, 1.807) is 18.6 Å².